The van der Waals surface area contributed by atoms with Crippen LogP contribution in [0.15, 0.2) is 87.0 Å². The third kappa shape index (κ3) is 4.81. The highest BCUT2D eigenvalue weighted by atomic mass is 16.5. The number of allylic oxidation sites excluding steroid dienone is 1. The van der Waals surface area contributed by atoms with E-state index in [-0.39, 0.29) is 17.7 Å². The predicted octanol–water partition coefficient (Wildman–Crippen LogP) is 3.04. The average Bonchev–Trinajstić information content (AvgIpc) is 3.28. The lowest BCUT2D eigenvalue weighted by Crippen LogP contribution is -2.35. The van der Waals surface area contributed by atoms with Gasteiger partial charge in [-0.25, -0.2) is 14.6 Å². The standard InChI is InChI=1S/C27H24N4O5/c32-22-15-21(28-27(35)29-22)26(34)36-16-23(33)31-25(18-10-5-2-6-11-18)20-13-7-12-19(24(20)30-31)14-17-8-3-1-4-9-17/h1-6,8-11,14-15,20,25H,7,12-13,16H2,(H2,28,29,32,35). The van der Waals surface area contributed by atoms with Crippen LogP contribution in [0.25, 0.3) is 6.08 Å². The highest BCUT2D eigenvalue weighted by Gasteiger charge is 2.43. The second-order valence-corrected chi connectivity index (χ2v) is 8.74. The van der Waals surface area contributed by atoms with Crippen molar-refractivity contribution in [1.29, 1.82) is 0 Å². The maximum Gasteiger partial charge on any atom is 0.355 e. The third-order valence-corrected chi connectivity index (χ3v) is 6.35. The second kappa shape index (κ2) is 9.99. The maximum absolute atomic E-state index is 13.3. The first kappa shape index (κ1) is 23.2. The van der Waals surface area contributed by atoms with Gasteiger partial charge in [0.2, 0.25) is 0 Å². The van der Waals surface area contributed by atoms with E-state index >= 15 is 0 Å². The first-order valence-electron chi connectivity index (χ1n) is 11.7. The Bertz CT molecular complexity index is 1430. The maximum atomic E-state index is 13.3. The molecule has 9 heteroatoms. The van der Waals surface area contributed by atoms with Crippen molar-refractivity contribution in [2.45, 2.75) is 25.3 Å². The van der Waals surface area contributed by atoms with Gasteiger partial charge in [-0.2, -0.15) is 5.10 Å². The number of hydrazone groups is 1. The summed E-state index contributed by atoms with van der Waals surface area (Å²) in [7, 11) is 0. The van der Waals surface area contributed by atoms with Crippen molar-refractivity contribution in [3.8, 4) is 0 Å². The Kier molecular flexibility index (Phi) is 6.44. The van der Waals surface area contributed by atoms with E-state index in [9.17, 15) is 19.2 Å². The van der Waals surface area contributed by atoms with E-state index in [1.807, 2.05) is 65.6 Å². The van der Waals surface area contributed by atoms with Gasteiger partial charge in [0.15, 0.2) is 6.61 Å². The summed E-state index contributed by atoms with van der Waals surface area (Å²) in [5.41, 5.74) is 2.07. The highest BCUT2D eigenvalue weighted by molar-refractivity contribution is 6.08. The van der Waals surface area contributed by atoms with Crippen LogP contribution in [-0.2, 0) is 9.53 Å². The van der Waals surface area contributed by atoms with Gasteiger partial charge in [-0.05, 0) is 42.0 Å². The number of hydrogen-bond acceptors (Lipinski definition) is 6. The summed E-state index contributed by atoms with van der Waals surface area (Å²) in [6, 6.07) is 20.2. The van der Waals surface area contributed by atoms with E-state index < -0.39 is 29.7 Å². The van der Waals surface area contributed by atoms with E-state index in [1.165, 1.54) is 5.01 Å². The van der Waals surface area contributed by atoms with Gasteiger partial charge < -0.3 is 9.72 Å². The Morgan fingerprint density at radius 2 is 1.75 bits per heavy atom. The number of carbonyl (C=O) groups excluding carboxylic acids is 2. The van der Waals surface area contributed by atoms with Crippen LogP contribution < -0.4 is 11.2 Å². The minimum Gasteiger partial charge on any atom is -0.451 e. The predicted molar refractivity (Wildman–Crippen MR) is 133 cm³/mol. The molecule has 182 valence electrons. The molecule has 0 spiro atoms. The molecule has 2 N–H and O–H groups in total. The highest BCUT2D eigenvalue weighted by Crippen LogP contribution is 2.44. The molecule has 1 fully saturated rings. The van der Waals surface area contributed by atoms with Gasteiger partial charge >= 0.3 is 11.7 Å². The topological polar surface area (TPSA) is 125 Å². The number of nitrogens with one attached hydrogen (secondary N) is 2. The number of hydrogen-bond donors (Lipinski definition) is 2. The van der Waals surface area contributed by atoms with Crippen LogP contribution in [0.5, 0.6) is 0 Å². The zero-order valence-electron chi connectivity index (χ0n) is 19.3. The Morgan fingerprint density at radius 3 is 2.47 bits per heavy atom. The van der Waals surface area contributed by atoms with Crippen LogP contribution >= 0.6 is 0 Å². The molecule has 2 aromatic carbocycles. The Labute approximate surface area is 206 Å². The monoisotopic (exact) mass is 484 g/mol. The minimum atomic E-state index is -0.975. The van der Waals surface area contributed by atoms with Crippen LogP contribution in [0.3, 0.4) is 0 Å². The fourth-order valence-electron chi connectivity index (χ4n) is 4.79. The molecule has 0 radical (unpaired) electrons. The molecule has 5 rings (SSSR count). The molecule has 0 saturated heterocycles. The molecule has 1 aliphatic heterocycles. The number of aromatic nitrogens is 2. The van der Waals surface area contributed by atoms with E-state index in [0.29, 0.717) is 0 Å². The lowest BCUT2D eigenvalue weighted by Gasteiger charge is -2.29. The molecule has 1 aliphatic carbocycles. The summed E-state index contributed by atoms with van der Waals surface area (Å²) in [5.74, 6) is -1.46. The quantitative estimate of drug-likeness (QED) is 0.539. The van der Waals surface area contributed by atoms with Crippen molar-refractivity contribution >= 4 is 23.7 Å². The SMILES string of the molecule is O=C(OCC(=O)N1N=C2C(=Cc3ccccc3)CCCC2C1c1ccccc1)c1cc(=O)[nH]c(=O)[nH]1. The zero-order chi connectivity index (χ0) is 25.1. The summed E-state index contributed by atoms with van der Waals surface area (Å²) in [5, 5.41) is 6.16. The van der Waals surface area contributed by atoms with Gasteiger partial charge in [-0.3, -0.25) is 14.6 Å². The van der Waals surface area contributed by atoms with Crippen LogP contribution in [0.1, 0.15) is 46.9 Å². The number of H-pyrrole nitrogens is 2. The number of esters is 1. The molecule has 3 aromatic rings. The number of fused-ring (bicyclic) bond motifs is 1. The van der Waals surface area contributed by atoms with Crippen molar-refractivity contribution in [2.24, 2.45) is 11.0 Å². The molecule has 2 aliphatic rings. The van der Waals surface area contributed by atoms with Gasteiger partial charge in [0, 0.05) is 12.0 Å². The number of nitrogens with zero attached hydrogens (tertiary/aromatic N) is 2. The minimum absolute atomic E-state index is 0.0137. The van der Waals surface area contributed by atoms with Crippen LogP contribution in [0.4, 0.5) is 0 Å². The van der Waals surface area contributed by atoms with Crippen molar-refractivity contribution in [3.63, 3.8) is 0 Å². The largest absolute Gasteiger partial charge is 0.451 e. The van der Waals surface area contributed by atoms with E-state index in [1.54, 1.807) is 0 Å². The number of ether oxygens (including phenoxy) is 1. The molecular formula is C27H24N4O5. The van der Waals surface area contributed by atoms with Crippen molar-refractivity contribution < 1.29 is 14.3 Å². The fourth-order valence-corrected chi connectivity index (χ4v) is 4.79. The fraction of sp³-hybridized carbons (Fsp3) is 0.222. The van der Waals surface area contributed by atoms with E-state index in [4.69, 9.17) is 9.84 Å². The third-order valence-electron chi connectivity index (χ3n) is 6.35. The zero-order valence-corrected chi connectivity index (χ0v) is 19.3. The molecule has 1 aromatic heterocycles. The van der Waals surface area contributed by atoms with Crippen LogP contribution in [0.2, 0.25) is 0 Å². The Balaban J connectivity index is 1.43. The van der Waals surface area contributed by atoms with E-state index in [0.717, 1.165) is 47.7 Å². The molecule has 9 nitrogen and oxygen atoms in total. The van der Waals surface area contributed by atoms with Crippen molar-refractivity contribution in [1.82, 2.24) is 15.0 Å². The summed E-state index contributed by atoms with van der Waals surface area (Å²) in [6.07, 6.45) is 4.82. The molecule has 2 heterocycles. The van der Waals surface area contributed by atoms with Gasteiger partial charge in [0.05, 0.1) is 11.8 Å². The Hall–Kier alpha value is -4.53. The van der Waals surface area contributed by atoms with Gasteiger partial charge in [-0.1, -0.05) is 60.7 Å². The molecule has 0 bridgehead atoms. The van der Waals surface area contributed by atoms with Gasteiger partial charge in [-0.15, -0.1) is 0 Å². The molecular weight excluding hydrogens is 460 g/mol. The Morgan fingerprint density at radius 1 is 1.03 bits per heavy atom. The number of carbonyl (C=O) groups is 2. The van der Waals surface area contributed by atoms with Crippen LogP contribution in [-0.4, -0.2) is 39.2 Å². The van der Waals surface area contributed by atoms with Crippen LogP contribution in [0, 0.1) is 5.92 Å². The van der Waals surface area contributed by atoms with Crippen molar-refractivity contribution in [3.05, 3.63) is 110 Å². The number of aromatic amines is 2. The van der Waals surface area contributed by atoms with Gasteiger partial charge in [0.1, 0.15) is 5.69 Å². The molecule has 2 unspecified atom stereocenters. The normalized spacial score (nSPS) is 20.1. The molecule has 1 amide bonds. The molecule has 1 saturated carbocycles. The molecule has 2 atom stereocenters. The first-order valence-corrected chi connectivity index (χ1v) is 11.7. The van der Waals surface area contributed by atoms with Gasteiger partial charge in [0.25, 0.3) is 11.5 Å². The number of amides is 1. The average molecular weight is 485 g/mol. The van der Waals surface area contributed by atoms with E-state index in [2.05, 4.69) is 11.1 Å². The lowest BCUT2D eigenvalue weighted by molar-refractivity contribution is -0.137. The number of benzene rings is 2. The smallest absolute Gasteiger partial charge is 0.355 e. The lowest BCUT2D eigenvalue weighted by atomic mass is 9.77. The summed E-state index contributed by atoms with van der Waals surface area (Å²) < 4.78 is 5.14. The summed E-state index contributed by atoms with van der Waals surface area (Å²) in [6.45, 7) is -0.585. The molecule has 36 heavy (non-hydrogen) atoms. The summed E-state index contributed by atoms with van der Waals surface area (Å²) >= 11 is 0. The summed E-state index contributed by atoms with van der Waals surface area (Å²) in [4.78, 5) is 52.8. The first-order chi connectivity index (χ1) is 17.5. The van der Waals surface area contributed by atoms with Crippen molar-refractivity contribution in [2.75, 3.05) is 6.61 Å². The second-order valence-electron chi connectivity index (χ2n) is 8.74. The number of rotatable bonds is 5.